The van der Waals surface area contributed by atoms with E-state index in [1.165, 1.54) is 0 Å². The Kier molecular flexibility index (Phi) is 3.32. The molecule has 1 aromatic carbocycles. The molecule has 0 fully saturated rings. The first kappa shape index (κ1) is 9.59. The molecule has 0 aromatic heterocycles. The molecule has 1 aromatic rings. The number of benzene rings is 1. The third-order valence-corrected chi connectivity index (χ3v) is 1.61. The van der Waals surface area contributed by atoms with Crippen LogP contribution in [-0.2, 0) is 0 Å². The highest BCUT2D eigenvalue weighted by atomic mass is 14.9. The van der Waals surface area contributed by atoms with Gasteiger partial charge in [0.15, 0.2) is 0 Å². The fourth-order valence-corrected chi connectivity index (χ4v) is 1.13. The van der Waals surface area contributed by atoms with Gasteiger partial charge in [0.25, 0.3) is 0 Å². The fraction of sp³-hybridized carbons (Fsp3) is 0.167. The molecule has 1 heteroatoms. The maximum Gasteiger partial charge on any atom is 0.0381 e. The van der Waals surface area contributed by atoms with Crippen LogP contribution in [0.1, 0.15) is 13.3 Å². The smallest absolute Gasteiger partial charge is 0.0381 e. The molecular weight excluding hydrogens is 158 g/mol. The van der Waals surface area contributed by atoms with Gasteiger partial charge in [-0.05, 0) is 19.1 Å². The number of nitrogens with one attached hydrogen (secondary N) is 1. The van der Waals surface area contributed by atoms with E-state index in [4.69, 9.17) is 0 Å². The van der Waals surface area contributed by atoms with Gasteiger partial charge in [0.05, 0.1) is 0 Å². The number of allylic oxidation sites excluding steroid dienone is 1. The summed E-state index contributed by atoms with van der Waals surface area (Å²) in [5.74, 6) is 0. The van der Waals surface area contributed by atoms with Crippen LogP contribution in [0.4, 0.5) is 5.69 Å². The summed E-state index contributed by atoms with van der Waals surface area (Å²) >= 11 is 0. The first-order valence-electron chi connectivity index (χ1n) is 4.32. The van der Waals surface area contributed by atoms with Crippen LogP contribution in [0.5, 0.6) is 0 Å². The topological polar surface area (TPSA) is 12.0 Å². The van der Waals surface area contributed by atoms with E-state index in [0.29, 0.717) is 0 Å². The highest BCUT2D eigenvalue weighted by Gasteiger charge is 1.94. The van der Waals surface area contributed by atoms with Gasteiger partial charge < -0.3 is 5.32 Å². The number of hydrogen-bond donors (Lipinski definition) is 1. The minimum absolute atomic E-state index is 0.828. The van der Waals surface area contributed by atoms with Gasteiger partial charge >= 0.3 is 0 Å². The summed E-state index contributed by atoms with van der Waals surface area (Å²) in [6.07, 6.45) is 0.828. The number of para-hydroxylation sites is 1. The van der Waals surface area contributed by atoms with Crippen LogP contribution in [0.2, 0.25) is 0 Å². The Labute approximate surface area is 79.8 Å². The minimum atomic E-state index is 0.828. The molecule has 1 N–H and O–H groups in total. The molecule has 0 saturated carbocycles. The van der Waals surface area contributed by atoms with Gasteiger partial charge in [0.1, 0.15) is 0 Å². The van der Waals surface area contributed by atoms with E-state index in [9.17, 15) is 0 Å². The summed E-state index contributed by atoms with van der Waals surface area (Å²) in [6.45, 7) is 9.75. The number of anilines is 1. The van der Waals surface area contributed by atoms with Gasteiger partial charge in [0.2, 0.25) is 0 Å². The van der Waals surface area contributed by atoms with Crippen LogP contribution in [0.25, 0.3) is 0 Å². The van der Waals surface area contributed by atoms with E-state index in [1.807, 2.05) is 37.3 Å². The van der Waals surface area contributed by atoms with Crippen molar-refractivity contribution in [3.05, 3.63) is 54.8 Å². The van der Waals surface area contributed by atoms with E-state index in [-0.39, 0.29) is 0 Å². The highest BCUT2D eigenvalue weighted by molar-refractivity contribution is 5.47. The first-order valence-corrected chi connectivity index (χ1v) is 4.32. The second-order valence-electron chi connectivity index (χ2n) is 3.23. The summed E-state index contributed by atoms with van der Waals surface area (Å²) in [7, 11) is 0. The average Bonchev–Trinajstić information content (AvgIpc) is 2.04. The zero-order valence-electron chi connectivity index (χ0n) is 8.01. The van der Waals surface area contributed by atoms with Crippen LogP contribution in [-0.4, -0.2) is 0 Å². The summed E-state index contributed by atoms with van der Waals surface area (Å²) in [5, 5.41) is 3.22. The van der Waals surface area contributed by atoms with Gasteiger partial charge in [-0.2, -0.15) is 0 Å². The molecule has 0 aliphatic carbocycles. The standard InChI is InChI=1S/C12H15N/c1-10(2)9-11(3)13-12-7-5-4-6-8-12/h4-8,13H,1,3,9H2,2H3. The van der Waals surface area contributed by atoms with Crippen LogP contribution in [0.15, 0.2) is 54.8 Å². The average molecular weight is 173 g/mol. The number of hydrogen-bond acceptors (Lipinski definition) is 1. The molecule has 0 aliphatic heterocycles. The highest BCUT2D eigenvalue weighted by Crippen LogP contribution is 2.12. The summed E-state index contributed by atoms with van der Waals surface area (Å²) in [4.78, 5) is 0. The maximum absolute atomic E-state index is 3.92. The van der Waals surface area contributed by atoms with Gasteiger partial charge in [-0.1, -0.05) is 36.9 Å². The predicted molar refractivity (Wildman–Crippen MR) is 58.6 cm³/mol. The SMILES string of the molecule is C=C(C)CC(=C)Nc1ccccc1. The van der Waals surface area contributed by atoms with Gasteiger partial charge in [-0.25, -0.2) is 0 Å². The Hall–Kier alpha value is -1.50. The van der Waals surface area contributed by atoms with Crippen molar-refractivity contribution in [1.29, 1.82) is 0 Å². The lowest BCUT2D eigenvalue weighted by Crippen LogP contribution is -1.97. The Balaban J connectivity index is 2.50. The third kappa shape index (κ3) is 3.61. The lowest BCUT2D eigenvalue weighted by molar-refractivity contribution is 1.13. The van der Waals surface area contributed by atoms with Crippen molar-refractivity contribution in [2.24, 2.45) is 0 Å². The lowest BCUT2D eigenvalue weighted by atomic mass is 10.2. The largest absolute Gasteiger partial charge is 0.359 e. The van der Waals surface area contributed by atoms with Crippen LogP contribution < -0.4 is 5.32 Å². The molecular formula is C12H15N. The van der Waals surface area contributed by atoms with Gasteiger partial charge in [-0.3, -0.25) is 0 Å². The number of rotatable bonds is 4. The second-order valence-corrected chi connectivity index (χ2v) is 3.23. The molecule has 0 radical (unpaired) electrons. The zero-order valence-corrected chi connectivity index (χ0v) is 8.01. The lowest BCUT2D eigenvalue weighted by Gasteiger charge is -2.08. The normalized spacial score (nSPS) is 9.31. The molecule has 0 unspecified atom stereocenters. The summed E-state index contributed by atoms with van der Waals surface area (Å²) in [6, 6.07) is 10.0. The monoisotopic (exact) mass is 173 g/mol. The molecule has 0 atom stereocenters. The van der Waals surface area contributed by atoms with E-state index in [2.05, 4.69) is 18.5 Å². The Bertz CT molecular complexity index is 298. The molecule has 0 bridgehead atoms. The minimum Gasteiger partial charge on any atom is -0.359 e. The van der Waals surface area contributed by atoms with Gasteiger partial charge in [0, 0.05) is 17.8 Å². The van der Waals surface area contributed by atoms with Crippen molar-refractivity contribution in [3.8, 4) is 0 Å². The van der Waals surface area contributed by atoms with Crippen LogP contribution in [0, 0.1) is 0 Å². The van der Waals surface area contributed by atoms with Crippen molar-refractivity contribution in [2.45, 2.75) is 13.3 Å². The van der Waals surface area contributed by atoms with E-state index in [1.54, 1.807) is 0 Å². The Morgan fingerprint density at radius 1 is 1.23 bits per heavy atom. The molecule has 0 amide bonds. The van der Waals surface area contributed by atoms with Crippen LogP contribution >= 0.6 is 0 Å². The third-order valence-electron chi connectivity index (χ3n) is 1.61. The predicted octanol–water partition coefficient (Wildman–Crippen LogP) is 3.58. The Morgan fingerprint density at radius 2 is 1.85 bits per heavy atom. The summed E-state index contributed by atoms with van der Waals surface area (Å²) in [5.41, 5.74) is 3.18. The molecule has 1 rings (SSSR count). The summed E-state index contributed by atoms with van der Waals surface area (Å²) < 4.78 is 0. The van der Waals surface area contributed by atoms with Crippen molar-refractivity contribution in [3.63, 3.8) is 0 Å². The van der Waals surface area contributed by atoms with Crippen molar-refractivity contribution < 1.29 is 0 Å². The second kappa shape index (κ2) is 4.51. The van der Waals surface area contributed by atoms with Crippen molar-refractivity contribution >= 4 is 5.69 Å². The molecule has 0 saturated heterocycles. The molecule has 0 spiro atoms. The molecule has 68 valence electrons. The van der Waals surface area contributed by atoms with E-state index in [0.717, 1.165) is 23.4 Å². The molecule has 13 heavy (non-hydrogen) atoms. The Morgan fingerprint density at radius 3 is 2.38 bits per heavy atom. The zero-order chi connectivity index (χ0) is 9.68. The van der Waals surface area contributed by atoms with E-state index >= 15 is 0 Å². The van der Waals surface area contributed by atoms with Crippen LogP contribution in [0.3, 0.4) is 0 Å². The first-order chi connectivity index (χ1) is 6.18. The van der Waals surface area contributed by atoms with E-state index < -0.39 is 0 Å². The molecule has 0 aliphatic rings. The van der Waals surface area contributed by atoms with Gasteiger partial charge in [-0.15, -0.1) is 0 Å². The molecule has 0 heterocycles. The molecule has 1 nitrogen and oxygen atoms in total. The van der Waals surface area contributed by atoms with Crippen molar-refractivity contribution in [2.75, 3.05) is 5.32 Å². The van der Waals surface area contributed by atoms with Crippen molar-refractivity contribution in [1.82, 2.24) is 0 Å². The quantitative estimate of drug-likeness (QED) is 0.686. The maximum atomic E-state index is 3.92. The fourth-order valence-electron chi connectivity index (χ4n) is 1.13.